The molecule has 0 fully saturated rings. The third-order valence-electron chi connectivity index (χ3n) is 3.00. The maximum Gasteiger partial charge on any atom is 0.192 e. The van der Waals surface area contributed by atoms with Gasteiger partial charge in [-0.25, -0.2) is 0 Å². The minimum Gasteiger partial charge on any atom is -0.346 e. The molecule has 2 aromatic rings. The summed E-state index contributed by atoms with van der Waals surface area (Å²) in [5.74, 6) is 0. The number of rotatable bonds is 5. The van der Waals surface area contributed by atoms with Crippen molar-refractivity contribution in [2.45, 2.75) is 18.5 Å². The molecule has 0 spiro atoms. The van der Waals surface area contributed by atoms with E-state index in [1.165, 1.54) is 0 Å². The average molecular weight is 260 g/mol. The Kier molecular flexibility index (Phi) is 4.74. The SMILES string of the molecule is O=[PH](O)C(Cc1ccccc1)Cc1ccccc1. The Labute approximate surface area is 108 Å². The zero-order chi connectivity index (χ0) is 12.8. The standard InChI is InChI=1S/C15H17O2P/c16-18(17)15(11-13-7-3-1-4-8-13)12-14-9-5-2-6-10-14/h1-10,15,18H,11-12H2,(H,16,17). The number of hydrogen-bond donors (Lipinski definition) is 1. The lowest BCUT2D eigenvalue weighted by Crippen LogP contribution is -2.10. The molecule has 0 aliphatic rings. The fraction of sp³-hybridized carbons (Fsp3) is 0.200. The van der Waals surface area contributed by atoms with Crippen LogP contribution < -0.4 is 0 Å². The normalized spacial score (nSPS) is 12.6. The topological polar surface area (TPSA) is 37.3 Å². The van der Waals surface area contributed by atoms with E-state index >= 15 is 0 Å². The van der Waals surface area contributed by atoms with Crippen LogP contribution >= 0.6 is 8.03 Å². The van der Waals surface area contributed by atoms with Crippen LogP contribution in [0.4, 0.5) is 0 Å². The van der Waals surface area contributed by atoms with E-state index in [1.54, 1.807) is 0 Å². The quantitative estimate of drug-likeness (QED) is 0.837. The molecule has 0 radical (unpaired) electrons. The molecule has 0 saturated heterocycles. The van der Waals surface area contributed by atoms with E-state index in [-0.39, 0.29) is 5.66 Å². The molecule has 1 N–H and O–H groups in total. The smallest absolute Gasteiger partial charge is 0.192 e. The van der Waals surface area contributed by atoms with Crippen LogP contribution in [0, 0.1) is 0 Å². The highest BCUT2D eigenvalue weighted by Crippen LogP contribution is 2.29. The Morgan fingerprint density at radius 1 is 0.833 bits per heavy atom. The molecule has 0 aromatic heterocycles. The van der Waals surface area contributed by atoms with Crippen LogP contribution in [-0.2, 0) is 17.4 Å². The third-order valence-corrected chi connectivity index (χ3v) is 4.11. The van der Waals surface area contributed by atoms with E-state index < -0.39 is 8.03 Å². The summed E-state index contributed by atoms with van der Waals surface area (Å²) in [6.45, 7) is 0. The van der Waals surface area contributed by atoms with Crippen molar-refractivity contribution in [1.29, 1.82) is 0 Å². The molecule has 18 heavy (non-hydrogen) atoms. The van der Waals surface area contributed by atoms with Gasteiger partial charge in [0.05, 0.1) is 0 Å². The maximum absolute atomic E-state index is 11.5. The molecule has 3 heteroatoms. The molecular formula is C15H17O2P. The van der Waals surface area contributed by atoms with Gasteiger partial charge in [0.15, 0.2) is 8.03 Å². The molecule has 0 amide bonds. The summed E-state index contributed by atoms with van der Waals surface area (Å²) >= 11 is 0. The maximum atomic E-state index is 11.5. The zero-order valence-electron chi connectivity index (χ0n) is 10.1. The van der Waals surface area contributed by atoms with Crippen molar-refractivity contribution < 1.29 is 9.46 Å². The van der Waals surface area contributed by atoms with Gasteiger partial charge in [-0.2, -0.15) is 0 Å². The lowest BCUT2D eigenvalue weighted by Gasteiger charge is -2.13. The van der Waals surface area contributed by atoms with Crippen molar-refractivity contribution in [2.24, 2.45) is 0 Å². The summed E-state index contributed by atoms with van der Waals surface area (Å²) in [5, 5.41) is 0. The van der Waals surface area contributed by atoms with E-state index in [0.717, 1.165) is 11.1 Å². The second-order valence-corrected chi connectivity index (χ2v) is 5.91. The molecule has 2 nitrogen and oxygen atoms in total. The Morgan fingerprint density at radius 3 is 1.56 bits per heavy atom. The second kappa shape index (κ2) is 6.53. The van der Waals surface area contributed by atoms with Gasteiger partial charge in [0, 0.05) is 5.66 Å². The highest BCUT2D eigenvalue weighted by atomic mass is 31.1. The Bertz CT molecular complexity index is 455. The highest BCUT2D eigenvalue weighted by molar-refractivity contribution is 7.38. The first kappa shape index (κ1) is 13.1. The molecule has 94 valence electrons. The predicted molar refractivity (Wildman–Crippen MR) is 75.3 cm³/mol. The van der Waals surface area contributed by atoms with Crippen molar-refractivity contribution >= 4 is 8.03 Å². The van der Waals surface area contributed by atoms with Crippen LogP contribution in [0.25, 0.3) is 0 Å². The van der Waals surface area contributed by atoms with Gasteiger partial charge in [-0.05, 0) is 24.0 Å². The van der Waals surface area contributed by atoms with Gasteiger partial charge in [0.2, 0.25) is 0 Å². The first-order chi connectivity index (χ1) is 8.75. The lowest BCUT2D eigenvalue weighted by atomic mass is 10.0. The fourth-order valence-corrected chi connectivity index (χ4v) is 2.86. The molecule has 1 atom stereocenters. The van der Waals surface area contributed by atoms with Crippen LogP contribution in [0.1, 0.15) is 11.1 Å². The fourth-order valence-electron chi connectivity index (χ4n) is 2.04. The number of benzene rings is 2. The summed E-state index contributed by atoms with van der Waals surface area (Å²) in [6.07, 6.45) is 1.31. The molecule has 0 aliphatic heterocycles. The average Bonchev–Trinajstić information content (AvgIpc) is 2.40. The molecule has 0 bridgehead atoms. The lowest BCUT2D eigenvalue weighted by molar-refractivity contribution is 0.486. The van der Waals surface area contributed by atoms with Crippen molar-refractivity contribution in [3.05, 3.63) is 71.8 Å². The van der Waals surface area contributed by atoms with Gasteiger partial charge < -0.3 is 4.89 Å². The van der Waals surface area contributed by atoms with Crippen molar-refractivity contribution in [2.75, 3.05) is 0 Å². The van der Waals surface area contributed by atoms with E-state index in [4.69, 9.17) is 0 Å². The van der Waals surface area contributed by atoms with Gasteiger partial charge in [0.1, 0.15) is 0 Å². The Balaban J connectivity index is 2.08. The van der Waals surface area contributed by atoms with Crippen LogP contribution in [0.5, 0.6) is 0 Å². The van der Waals surface area contributed by atoms with Gasteiger partial charge in [-0.1, -0.05) is 60.7 Å². The van der Waals surface area contributed by atoms with Crippen LogP contribution in [-0.4, -0.2) is 10.6 Å². The molecule has 2 rings (SSSR count). The largest absolute Gasteiger partial charge is 0.346 e. The minimum absolute atomic E-state index is 0.181. The third kappa shape index (κ3) is 3.83. The Hall–Kier alpha value is -1.37. The van der Waals surface area contributed by atoms with Crippen molar-refractivity contribution in [1.82, 2.24) is 0 Å². The number of hydrogen-bond acceptors (Lipinski definition) is 1. The van der Waals surface area contributed by atoms with Crippen molar-refractivity contribution in [3.8, 4) is 0 Å². The molecular weight excluding hydrogens is 243 g/mol. The summed E-state index contributed by atoms with van der Waals surface area (Å²) in [4.78, 5) is 9.48. The minimum atomic E-state index is -2.52. The summed E-state index contributed by atoms with van der Waals surface area (Å²) in [5.41, 5.74) is 2.05. The van der Waals surface area contributed by atoms with Crippen molar-refractivity contribution in [3.63, 3.8) is 0 Å². The Morgan fingerprint density at radius 2 is 1.22 bits per heavy atom. The molecule has 0 aliphatic carbocycles. The summed E-state index contributed by atoms with van der Waals surface area (Å²) in [6, 6.07) is 19.8. The van der Waals surface area contributed by atoms with Crippen LogP contribution in [0.15, 0.2) is 60.7 Å². The first-order valence-electron chi connectivity index (χ1n) is 6.06. The molecule has 2 aromatic carbocycles. The molecule has 0 saturated carbocycles. The van der Waals surface area contributed by atoms with Gasteiger partial charge >= 0.3 is 0 Å². The monoisotopic (exact) mass is 260 g/mol. The van der Waals surface area contributed by atoms with E-state index in [2.05, 4.69) is 0 Å². The molecule has 1 unspecified atom stereocenters. The second-order valence-electron chi connectivity index (χ2n) is 4.41. The van der Waals surface area contributed by atoms with Gasteiger partial charge in [0.25, 0.3) is 0 Å². The predicted octanol–water partition coefficient (Wildman–Crippen LogP) is 3.31. The van der Waals surface area contributed by atoms with Gasteiger partial charge in [-0.15, -0.1) is 0 Å². The van der Waals surface area contributed by atoms with Crippen LogP contribution in [0.3, 0.4) is 0 Å². The summed E-state index contributed by atoms with van der Waals surface area (Å²) < 4.78 is 11.5. The summed E-state index contributed by atoms with van der Waals surface area (Å²) in [7, 11) is -2.52. The highest BCUT2D eigenvalue weighted by Gasteiger charge is 2.15. The van der Waals surface area contributed by atoms with Crippen LogP contribution in [0.2, 0.25) is 0 Å². The zero-order valence-corrected chi connectivity index (χ0v) is 11.1. The van der Waals surface area contributed by atoms with E-state index in [9.17, 15) is 9.46 Å². The van der Waals surface area contributed by atoms with E-state index in [0.29, 0.717) is 12.8 Å². The van der Waals surface area contributed by atoms with E-state index in [1.807, 2.05) is 60.7 Å². The molecule has 0 heterocycles. The van der Waals surface area contributed by atoms with Gasteiger partial charge in [-0.3, -0.25) is 4.57 Å². The first-order valence-corrected chi connectivity index (χ1v) is 7.49.